The van der Waals surface area contributed by atoms with Crippen LogP contribution in [0.5, 0.6) is 0 Å². The molecule has 1 aliphatic rings. The van der Waals surface area contributed by atoms with Gasteiger partial charge in [0.05, 0.1) is 18.2 Å². The number of ether oxygens (including phenoxy) is 1. The van der Waals surface area contributed by atoms with Crippen LogP contribution in [0.2, 0.25) is 0 Å². The Balaban J connectivity index is 1.56. The smallest absolute Gasteiger partial charge is 0.377 e. The molecule has 1 aromatic heterocycles. The molecule has 26 heavy (non-hydrogen) atoms. The monoisotopic (exact) mass is 369 g/mol. The summed E-state index contributed by atoms with van der Waals surface area (Å²) >= 11 is 0. The Morgan fingerprint density at radius 3 is 2.85 bits per heavy atom. The number of aromatic nitrogens is 2. The van der Waals surface area contributed by atoms with Crippen LogP contribution in [0.3, 0.4) is 0 Å². The second-order valence-corrected chi connectivity index (χ2v) is 6.66. The van der Waals surface area contributed by atoms with Gasteiger partial charge in [-0.2, -0.15) is 18.2 Å². The van der Waals surface area contributed by atoms with E-state index in [0.29, 0.717) is 23.8 Å². The van der Waals surface area contributed by atoms with Gasteiger partial charge in [0.25, 0.3) is 0 Å². The lowest BCUT2D eigenvalue weighted by atomic mass is 10.1. The summed E-state index contributed by atoms with van der Waals surface area (Å²) in [5, 5.41) is 3.88. The molecule has 1 aliphatic heterocycles. The molecule has 0 N–H and O–H groups in total. The van der Waals surface area contributed by atoms with E-state index in [2.05, 4.69) is 15.0 Å². The van der Waals surface area contributed by atoms with Crippen LogP contribution in [0.1, 0.15) is 42.1 Å². The number of hydrogen-bond acceptors (Lipinski definition) is 5. The van der Waals surface area contributed by atoms with Crippen molar-refractivity contribution >= 4 is 0 Å². The van der Waals surface area contributed by atoms with Crippen LogP contribution in [0, 0.1) is 0 Å². The first-order valence-corrected chi connectivity index (χ1v) is 8.68. The lowest BCUT2D eigenvalue weighted by Crippen LogP contribution is -2.33. The molecule has 5 nitrogen and oxygen atoms in total. The van der Waals surface area contributed by atoms with Crippen LogP contribution in [0.4, 0.5) is 13.2 Å². The molecule has 0 amide bonds. The molecule has 0 aliphatic carbocycles. The van der Waals surface area contributed by atoms with E-state index in [1.807, 2.05) is 7.05 Å². The van der Waals surface area contributed by atoms with Crippen LogP contribution in [-0.4, -0.2) is 41.3 Å². The molecule has 0 radical (unpaired) electrons. The maximum absolute atomic E-state index is 12.8. The second kappa shape index (κ2) is 8.18. The Kier molecular flexibility index (Phi) is 5.93. The number of alkyl halides is 3. The number of hydrogen-bond donors (Lipinski definition) is 0. The molecular formula is C18H22F3N3O2. The van der Waals surface area contributed by atoms with E-state index >= 15 is 0 Å². The minimum Gasteiger partial charge on any atom is -0.377 e. The van der Waals surface area contributed by atoms with Gasteiger partial charge in [0.1, 0.15) is 0 Å². The van der Waals surface area contributed by atoms with Crippen molar-refractivity contribution in [2.45, 2.75) is 44.5 Å². The lowest BCUT2D eigenvalue weighted by Gasteiger charge is -2.26. The molecule has 0 spiro atoms. The quantitative estimate of drug-likeness (QED) is 0.778. The highest BCUT2D eigenvalue weighted by atomic mass is 19.4. The van der Waals surface area contributed by atoms with E-state index < -0.39 is 11.7 Å². The van der Waals surface area contributed by atoms with E-state index in [4.69, 9.17) is 9.26 Å². The maximum Gasteiger partial charge on any atom is 0.416 e. The van der Waals surface area contributed by atoms with Gasteiger partial charge >= 0.3 is 6.18 Å². The summed E-state index contributed by atoms with van der Waals surface area (Å²) < 4.78 is 49.3. The first-order chi connectivity index (χ1) is 12.4. The van der Waals surface area contributed by atoms with Gasteiger partial charge < -0.3 is 9.26 Å². The number of halogens is 3. The molecule has 1 aromatic carbocycles. The zero-order valence-corrected chi connectivity index (χ0v) is 14.6. The van der Waals surface area contributed by atoms with Gasteiger partial charge in [-0.25, -0.2) is 0 Å². The van der Waals surface area contributed by atoms with Gasteiger partial charge in [-0.1, -0.05) is 23.4 Å². The topological polar surface area (TPSA) is 51.4 Å². The SMILES string of the molecule is CN(Cc1nc(Cc2cccc(C(F)(F)F)c2)no1)C[C@H]1CCCCO1. The van der Waals surface area contributed by atoms with Crippen molar-refractivity contribution in [2.24, 2.45) is 0 Å². The summed E-state index contributed by atoms with van der Waals surface area (Å²) in [5.41, 5.74) is -0.179. The van der Waals surface area contributed by atoms with Crippen molar-refractivity contribution in [2.75, 3.05) is 20.2 Å². The molecule has 1 saturated heterocycles. The van der Waals surface area contributed by atoms with Crippen LogP contribution < -0.4 is 0 Å². The van der Waals surface area contributed by atoms with Crippen molar-refractivity contribution in [3.05, 3.63) is 47.1 Å². The zero-order chi connectivity index (χ0) is 18.6. The lowest BCUT2D eigenvalue weighted by molar-refractivity contribution is -0.137. The fourth-order valence-electron chi connectivity index (χ4n) is 3.06. The third-order valence-corrected chi connectivity index (χ3v) is 4.32. The standard InChI is InChI=1S/C18H22F3N3O2/c1-24(11-15-7-2-3-8-25-15)12-17-22-16(23-26-17)10-13-5-4-6-14(9-13)18(19,20)21/h4-6,9,15H,2-3,7-8,10-12H2,1H3/t15-/m1/s1. The van der Waals surface area contributed by atoms with Crippen molar-refractivity contribution in [3.63, 3.8) is 0 Å². The van der Waals surface area contributed by atoms with Gasteiger partial charge in [0.15, 0.2) is 5.82 Å². The van der Waals surface area contributed by atoms with Gasteiger partial charge in [0.2, 0.25) is 5.89 Å². The number of rotatable bonds is 6. The van der Waals surface area contributed by atoms with Gasteiger partial charge in [-0.05, 0) is 37.9 Å². The van der Waals surface area contributed by atoms with E-state index in [0.717, 1.165) is 38.1 Å². The maximum atomic E-state index is 12.8. The predicted molar refractivity (Wildman–Crippen MR) is 88.5 cm³/mol. The first kappa shape index (κ1) is 18.8. The molecule has 0 bridgehead atoms. The Morgan fingerprint density at radius 1 is 1.27 bits per heavy atom. The predicted octanol–water partition coefficient (Wildman–Crippen LogP) is 3.68. The number of benzene rings is 1. The molecule has 2 heterocycles. The molecule has 3 rings (SSSR count). The number of likely N-dealkylation sites (N-methyl/N-ethyl adjacent to an activating group) is 1. The van der Waals surface area contributed by atoms with Gasteiger partial charge in [-0.15, -0.1) is 0 Å². The molecular weight excluding hydrogens is 347 g/mol. The normalized spacial score (nSPS) is 18.4. The summed E-state index contributed by atoms with van der Waals surface area (Å²) in [7, 11) is 1.95. The van der Waals surface area contributed by atoms with Gasteiger partial charge in [-0.3, -0.25) is 4.90 Å². The van der Waals surface area contributed by atoms with Crippen molar-refractivity contribution in [3.8, 4) is 0 Å². The largest absolute Gasteiger partial charge is 0.416 e. The molecule has 2 aromatic rings. The summed E-state index contributed by atoms with van der Waals surface area (Å²) in [4.78, 5) is 6.34. The van der Waals surface area contributed by atoms with E-state index in [-0.39, 0.29) is 12.5 Å². The molecule has 8 heteroatoms. The average molecular weight is 369 g/mol. The van der Waals surface area contributed by atoms with Crippen molar-refractivity contribution < 1.29 is 22.4 Å². The van der Waals surface area contributed by atoms with Crippen LogP contribution in [-0.2, 0) is 23.9 Å². The van der Waals surface area contributed by atoms with Gasteiger partial charge in [0, 0.05) is 19.6 Å². The first-order valence-electron chi connectivity index (χ1n) is 8.68. The summed E-state index contributed by atoms with van der Waals surface area (Å²) in [6.45, 7) is 2.07. The highest BCUT2D eigenvalue weighted by Gasteiger charge is 2.30. The summed E-state index contributed by atoms with van der Waals surface area (Å²) in [6.07, 6.45) is -0.593. The highest BCUT2D eigenvalue weighted by Crippen LogP contribution is 2.29. The molecule has 0 saturated carbocycles. The van der Waals surface area contributed by atoms with Crippen molar-refractivity contribution in [1.82, 2.24) is 15.0 Å². The third kappa shape index (κ3) is 5.28. The minimum atomic E-state index is -4.36. The minimum absolute atomic E-state index is 0.197. The molecule has 142 valence electrons. The third-order valence-electron chi connectivity index (χ3n) is 4.32. The van der Waals surface area contributed by atoms with Crippen molar-refractivity contribution in [1.29, 1.82) is 0 Å². The fraction of sp³-hybridized carbons (Fsp3) is 0.556. The molecule has 1 fully saturated rings. The van der Waals surface area contributed by atoms with Crippen LogP contribution in [0.25, 0.3) is 0 Å². The molecule has 1 atom stereocenters. The van der Waals surface area contributed by atoms with E-state index in [1.165, 1.54) is 12.5 Å². The Hall–Kier alpha value is -1.93. The Morgan fingerprint density at radius 2 is 2.12 bits per heavy atom. The van der Waals surface area contributed by atoms with E-state index in [1.54, 1.807) is 6.07 Å². The van der Waals surface area contributed by atoms with E-state index in [9.17, 15) is 13.2 Å². The molecule has 0 unspecified atom stereocenters. The summed E-state index contributed by atoms with van der Waals surface area (Å²) in [6, 6.07) is 5.17. The Labute approximate surface area is 150 Å². The summed E-state index contributed by atoms with van der Waals surface area (Å²) in [5.74, 6) is 0.826. The average Bonchev–Trinajstić information content (AvgIpc) is 3.02. The second-order valence-electron chi connectivity index (χ2n) is 6.66. The van der Waals surface area contributed by atoms with Crippen LogP contribution >= 0.6 is 0 Å². The number of nitrogens with zero attached hydrogens (tertiary/aromatic N) is 3. The zero-order valence-electron chi connectivity index (χ0n) is 14.6. The highest BCUT2D eigenvalue weighted by molar-refractivity contribution is 5.27. The Bertz CT molecular complexity index is 712. The van der Waals surface area contributed by atoms with Crippen LogP contribution in [0.15, 0.2) is 28.8 Å². The fourth-order valence-corrected chi connectivity index (χ4v) is 3.06.